The number of thiophene rings is 1. The highest BCUT2D eigenvalue weighted by Gasteiger charge is 2.20. The molecular formula is C16H24N4O2S. The Morgan fingerprint density at radius 1 is 1.09 bits per heavy atom. The van der Waals surface area contributed by atoms with E-state index in [2.05, 4.69) is 4.98 Å². The summed E-state index contributed by atoms with van der Waals surface area (Å²) in [6, 6.07) is 0. The molecule has 4 N–H and O–H groups in total. The second-order valence-electron chi connectivity index (χ2n) is 5.99. The third kappa shape index (κ3) is 3.63. The molecule has 0 aromatic carbocycles. The molecule has 6 nitrogen and oxygen atoms in total. The minimum Gasteiger partial charge on any atom is -0.396 e. The first-order valence-electron chi connectivity index (χ1n) is 8.23. The van der Waals surface area contributed by atoms with Crippen LogP contribution in [0.2, 0.25) is 0 Å². The van der Waals surface area contributed by atoms with E-state index in [0.29, 0.717) is 37.7 Å². The number of anilines is 1. The molecule has 7 heteroatoms. The first-order valence-corrected chi connectivity index (χ1v) is 9.05. The maximum absolute atomic E-state index is 9.18. The Morgan fingerprint density at radius 3 is 2.70 bits per heavy atom. The quantitative estimate of drug-likeness (QED) is 0.706. The lowest BCUT2D eigenvalue weighted by Crippen LogP contribution is -2.29. The largest absolute Gasteiger partial charge is 0.396 e. The molecular weight excluding hydrogens is 312 g/mol. The Bertz CT molecular complexity index is 674. The predicted molar refractivity (Wildman–Crippen MR) is 92.5 cm³/mol. The molecule has 0 aliphatic heterocycles. The molecule has 0 bridgehead atoms. The first-order chi connectivity index (χ1) is 11.2. The van der Waals surface area contributed by atoms with Crippen molar-refractivity contribution < 1.29 is 10.2 Å². The number of hydrogen-bond donors (Lipinski definition) is 3. The van der Waals surface area contributed by atoms with Gasteiger partial charge in [0.05, 0.1) is 18.5 Å². The smallest absolute Gasteiger partial charge is 0.146 e. The summed E-state index contributed by atoms with van der Waals surface area (Å²) < 4.78 is 0. The predicted octanol–water partition coefficient (Wildman–Crippen LogP) is 1.33. The van der Waals surface area contributed by atoms with Gasteiger partial charge in [0, 0.05) is 24.6 Å². The lowest BCUT2D eigenvalue weighted by Gasteiger charge is -2.20. The zero-order valence-corrected chi connectivity index (χ0v) is 14.1. The van der Waals surface area contributed by atoms with Crippen LogP contribution in [0.15, 0.2) is 0 Å². The Balaban J connectivity index is 1.86. The monoisotopic (exact) mass is 336 g/mol. The summed E-state index contributed by atoms with van der Waals surface area (Å²) in [7, 11) is 0. The van der Waals surface area contributed by atoms with Gasteiger partial charge in [-0.3, -0.25) is 4.90 Å². The van der Waals surface area contributed by atoms with Crippen LogP contribution < -0.4 is 5.73 Å². The molecule has 1 aliphatic carbocycles. The van der Waals surface area contributed by atoms with Crippen LogP contribution >= 0.6 is 11.3 Å². The lowest BCUT2D eigenvalue weighted by molar-refractivity contribution is 0.171. The van der Waals surface area contributed by atoms with Crippen LogP contribution in [0, 0.1) is 0 Å². The van der Waals surface area contributed by atoms with Crippen LogP contribution in [0.1, 0.15) is 35.5 Å². The maximum Gasteiger partial charge on any atom is 0.146 e. The molecule has 0 amide bonds. The summed E-state index contributed by atoms with van der Waals surface area (Å²) in [6.45, 7) is 2.02. The van der Waals surface area contributed by atoms with Gasteiger partial charge in [-0.1, -0.05) is 0 Å². The molecule has 2 aromatic heterocycles. The number of hydrogen-bond acceptors (Lipinski definition) is 7. The average molecular weight is 336 g/mol. The van der Waals surface area contributed by atoms with Crippen LogP contribution in [-0.2, 0) is 19.4 Å². The van der Waals surface area contributed by atoms with E-state index in [0.717, 1.165) is 23.1 Å². The van der Waals surface area contributed by atoms with Gasteiger partial charge >= 0.3 is 0 Å². The standard InChI is InChI=1S/C16H24N4O2S/c17-15-14-11-4-1-2-5-12(11)23-16(14)19-13(18-15)10-20(7-9-22)6-3-8-21/h21-22H,1-10H2,(H2,17,18,19). The minimum absolute atomic E-state index is 0.0798. The molecule has 2 aromatic rings. The highest BCUT2D eigenvalue weighted by molar-refractivity contribution is 7.19. The van der Waals surface area contributed by atoms with Crippen LogP contribution in [0.4, 0.5) is 5.82 Å². The van der Waals surface area contributed by atoms with Gasteiger partial charge in [-0.05, 0) is 37.7 Å². The fourth-order valence-corrected chi connectivity index (χ4v) is 4.50. The highest BCUT2D eigenvalue weighted by Crippen LogP contribution is 2.37. The Kier molecular flexibility index (Phi) is 5.42. The van der Waals surface area contributed by atoms with E-state index >= 15 is 0 Å². The van der Waals surface area contributed by atoms with Gasteiger partial charge in [0.15, 0.2) is 0 Å². The third-order valence-electron chi connectivity index (χ3n) is 4.30. The van der Waals surface area contributed by atoms with E-state index in [9.17, 15) is 5.11 Å². The zero-order chi connectivity index (χ0) is 16.2. The SMILES string of the molecule is Nc1nc(CN(CCO)CCCO)nc2sc3c(c12)CCCC3. The molecule has 0 atom stereocenters. The number of aliphatic hydroxyl groups excluding tert-OH is 2. The van der Waals surface area contributed by atoms with Gasteiger partial charge in [-0.15, -0.1) is 11.3 Å². The summed E-state index contributed by atoms with van der Waals surface area (Å²) in [5.41, 5.74) is 7.58. The molecule has 23 heavy (non-hydrogen) atoms. The molecule has 126 valence electrons. The van der Waals surface area contributed by atoms with Gasteiger partial charge < -0.3 is 15.9 Å². The van der Waals surface area contributed by atoms with Crippen LogP contribution in [0.5, 0.6) is 0 Å². The summed E-state index contributed by atoms with van der Waals surface area (Å²) in [5.74, 6) is 1.27. The molecule has 0 saturated heterocycles. The number of aromatic nitrogens is 2. The summed E-state index contributed by atoms with van der Waals surface area (Å²) >= 11 is 1.75. The van der Waals surface area contributed by atoms with Crippen LogP contribution in [0.25, 0.3) is 10.2 Å². The number of aliphatic hydroxyl groups is 2. The normalized spacial score (nSPS) is 14.6. The summed E-state index contributed by atoms with van der Waals surface area (Å²) in [6.07, 6.45) is 5.33. The van der Waals surface area contributed by atoms with E-state index in [4.69, 9.17) is 15.8 Å². The summed E-state index contributed by atoms with van der Waals surface area (Å²) in [5, 5.41) is 19.2. The maximum atomic E-state index is 9.18. The van der Waals surface area contributed by atoms with E-state index in [-0.39, 0.29) is 13.2 Å². The topological polar surface area (TPSA) is 95.5 Å². The Hall–Kier alpha value is -1.28. The molecule has 0 saturated carbocycles. The van der Waals surface area contributed by atoms with Crippen LogP contribution in [-0.4, -0.2) is 51.4 Å². The number of aryl methyl sites for hydroxylation is 2. The number of nitrogens with two attached hydrogens (primary N) is 1. The van der Waals surface area contributed by atoms with Gasteiger partial charge in [-0.2, -0.15) is 0 Å². The van der Waals surface area contributed by atoms with Crippen molar-refractivity contribution in [2.45, 2.75) is 38.6 Å². The first kappa shape index (κ1) is 16.6. The van der Waals surface area contributed by atoms with E-state index in [1.807, 2.05) is 4.90 Å². The molecule has 0 fully saturated rings. The third-order valence-corrected chi connectivity index (χ3v) is 5.49. The second-order valence-corrected chi connectivity index (χ2v) is 7.08. The molecule has 0 radical (unpaired) electrons. The summed E-state index contributed by atoms with van der Waals surface area (Å²) in [4.78, 5) is 13.7. The Morgan fingerprint density at radius 2 is 1.91 bits per heavy atom. The Labute approximate surface area is 140 Å². The molecule has 0 spiro atoms. The number of rotatable bonds is 7. The van der Waals surface area contributed by atoms with Crippen molar-refractivity contribution >= 4 is 27.4 Å². The number of nitrogen functional groups attached to an aromatic ring is 1. The number of fused-ring (bicyclic) bond motifs is 3. The molecule has 3 rings (SSSR count). The van der Waals surface area contributed by atoms with E-state index in [1.165, 1.54) is 23.3 Å². The second kappa shape index (κ2) is 7.53. The van der Waals surface area contributed by atoms with Crippen molar-refractivity contribution in [3.8, 4) is 0 Å². The van der Waals surface area contributed by atoms with Crippen molar-refractivity contribution in [1.82, 2.24) is 14.9 Å². The van der Waals surface area contributed by atoms with Gasteiger partial charge in [0.1, 0.15) is 16.5 Å². The van der Waals surface area contributed by atoms with Crippen molar-refractivity contribution in [3.05, 3.63) is 16.3 Å². The van der Waals surface area contributed by atoms with Gasteiger partial charge in [0.25, 0.3) is 0 Å². The fourth-order valence-electron chi connectivity index (χ4n) is 3.21. The van der Waals surface area contributed by atoms with Crippen LogP contribution in [0.3, 0.4) is 0 Å². The van der Waals surface area contributed by atoms with Gasteiger partial charge in [0.2, 0.25) is 0 Å². The van der Waals surface area contributed by atoms with Crippen molar-refractivity contribution in [2.24, 2.45) is 0 Å². The van der Waals surface area contributed by atoms with Crippen molar-refractivity contribution in [2.75, 3.05) is 32.0 Å². The average Bonchev–Trinajstić information content (AvgIpc) is 2.91. The minimum atomic E-state index is 0.0798. The zero-order valence-electron chi connectivity index (χ0n) is 13.3. The lowest BCUT2D eigenvalue weighted by atomic mass is 9.97. The molecule has 2 heterocycles. The highest BCUT2D eigenvalue weighted by atomic mass is 32.1. The van der Waals surface area contributed by atoms with E-state index < -0.39 is 0 Å². The van der Waals surface area contributed by atoms with Crippen molar-refractivity contribution in [1.29, 1.82) is 0 Å². The van der Waals surface area contributed by atoms with Gasteiger partial charge in [-0.25, -0.2) is 9.97 Å². The molecule has 0 unspecified atom stereocenters. The van der Waals surface area contributed by atoms with E-state index in [1.54, 1.807) is 11.3 Å². The molecule has 1 aliphatic rings. The number of nitrogens with zero attached hydrogens (tertiary/aromatic N) is 3. The van der Waals surface area contributed by atoms with Crippen molar-refractivity contribution in [3.63, 3.8) is 0 Å². The fraction of sp³-hybridized carbons (Fsp3) is 0.625.